The van der Waals surface area contributed by atoms with E-state index in [0.29, 0.717) is 6.42 Å². The maximum atomic E-state index is 12.2. The summed E-state index contributed by atoms with van der Waals surface area (Å²) in [6, 6.07) is -1.06. The van der Waals surface area contributed by atoms with Crippen molar-refractivity contribution in [3.05, 3.63) is 5.01 Å². The molecule has 114 valence electrons. The van der Waals surface area contributed by atoms with Gasteiger partial charge in [0.2, 0.25) is 16.9 Å². The Morgan fingerprint density at radius 1 is 1.57 bits per heavy atom. The highest BCUT2D eigenvalue weighted by atomic mass is 32.2. The molecule has 0 aliphatic carbocycles. The predicted octanol–water partition coefficient (Wildman–Crippen LogP) is -0.123. The van der Waals surface area contributed by atoms with Crippen molar-refractivity contribution >= 4 is 46.0 Å². The number of nitrogens with zero attached hydrogens (tertiary/aromatic N) is 3. The van der Waals surface area contributed by atoms with Crippen LogP contribution in [0.5, 0.6) is 0 Å². The van der Waals surface area contributed by atoms with E-state index in [1.165, 1.54) is 11.3 Å². The third-order valence-corrected chi connectivity index (χ3v) is 5.22. The minimum Gasteiger partial charge on any atom is -0.480 e. The summed E-state index contributed by atoms with van der Waals surface area (Å²) in [5.74, 6) is -1.79. The molecule has 0 spiro atoms. The molecule has 0 radical (unpaired) electrons. The zero-order valence-electron chi connectivity index (χ0n) is 11.2. The topological polar surface area (TPSA) is 126 Å². The van der Waals surface area contributed by atoms with Crippen LogP contribution in [0.3, 0.4) is 0 Å². The third kappa shape index (κ3) is 3.39. The zero-order chi connectivity index (χ0) is 15.6. The maximum Gasteiger partial charge on any atom is 0.321 e. The van der Waals surface area contributed by atoms with Gasteiger partial charge in [0.25, 0.3) is 0 Å². The van der Waals surface area contributed by atoms with Crippen molar-refractivity contribution in [1.82, 2.24) is 10.2 Å². The number of hydrogen-bond donors (Lipinski definition) is 2. The Bertz CT molecular complexity index is 576. The van der Waals surface area contributed by atoms with Crippen molar-refractivity contribution in [3.63, 3.8) is 0 Å². The molecule has 1 aromatic heterocycles. The van der Waals surface area contributed by atoms with E-state index in [9.17, 15) is 14.4 Å². The molecule has 2 rings (SSSR count). The van der Waals surface area contributed by atoms with Gasteiger partial charge in [-0.2, -0.15) is 0 Å². The second kappa shape index (κ2) is 6.50. The third-order valence-electron chi connectivity index (χ3n) is 2.85. The molecule has 2 amide bonds. The van der Waals surface area contributed by atoms with E-state index in [1.807, 2.05) is 6.92 Å². The van der Waals surface area contributed by atoms with Crippen LogP contribution in [0, 0.1) is 0 Å². The molecule has 2 unspecified atom stereocenters. The number of aryl methyl sites for hydroxylation is 1. The quantitative estimate of drug-likeness (QED) is 0.691. The Kier molecular flexibility index (Phi) is 4.91. The van der Waals surface area contributed by atoms with E-state index >= 15 is 0 Å². The summed E-state index contributed by atoms with van der Waals surface area (Å²) < 4.78 is 0. The smallest absolute Gasteiger partial charge is 0.321 e. The summed E-state index contributed by atoms with van der Waals surface area (Å²) in [6.45, 7) is 1.91. The first-order valence-electron chi connectivity index (χ1n) is 6.23. The molecule has 21 heavy (non-hydrogen) atoms. The van der Waals surface area contributed by atoms with Crippen molar-refractivity contribution < 1.29 is 19.5 Å². The van der Waals surface area contributed by atoms with Crippen molar-refractivity contribution in [3.8, 4) is 0 Å². The molecular formula is C11H14N4O4S2. The number of carbonyl (C=O) groups excluding carboxylic acids is 2. The van der Waals surface area contributed by atoms with Gasteiger partial charge in [0.05, 0.1) is 5.25 Å². The van der Waals surface area contributed by atoms with Crippen LogP contribution in [0.25, 0.3) is 0 Å². The van der Waals surface area contributed by atoms with Gasteiger partial charge in [-0.3, -0.25) is 14.4 Å². The lowest BCUT2D eigenvalue weighted by Crippen LogP contribution is -2.35. The molecule has 2 atom stereocenters. The lowest BCUT2D eigenvalue weighted by atomic mass is 10.3. The first-order chi connectivity index (χ1) is 9.93. The summed E-state index contributed by atoms with van der Waals surface area (Å²) >= 11 is 2.28. The number of carboxylic acids is 1. The normalized spacial score (nSPS) is 20.1. The van der Waals surface area contributed by atoms with Crippen LogP contribution in [-0.2, 0) is 20.8 Å². The summed E-state index contributed by atoms with van der Waals surface area (Å²) in [5.41, 5.74) is 5.39. The van der Waals surface area contributed by atoms with Gasteiger partial charge in [-0.15, -0.1) is 22.0 Å². The molecule has 1 aromatic rings. The number of imide groups is 1. The molecule has 8 nitrogen and oxygen atoms in total. The number of rotatable bonds is 6. The van der Waals surface area contributed by atoms with Crippen LogP contribution in [0.4, 0.5) is 5.13 Å². The number of aliphatic carboxylic acids is 1. The van der Waals surface area contributed by atoms with Crippen LogP contribution in [0.1, 0.15) is 18.4 Å². The minimum absolute atomic E-state index is 0.0247. The summed E-state index contributed by atoms with van der Waals surface area (Å²) in [7, 11) is 0. The molecule has 1 aliphatic heterocycles. The number of hydrogen-bond acceptors (Lipinski definition) is 8. The number of thioether (sulfide) groups is 1. The first-order valence-corrected chi connectivity index (χ1v) is 8.09. The van der Waals surface area contributed by atoms with Crippen molar-refractivity contribution in [2.45, 2.75) is 31.1 Å². The standard InChI is InChI=1S/C11H14N4O4S2/c1-2-7-13-14-11(21-7)15-8(16)3-6(9(15)17)20-4-5(12)10(18)19/h5-6H,2-4,12H2,1H3,(H,18,19). The number of carbonyl (C=O) groups is 3. The van der Waals surface area contributed by atoms with Crippen LogP contribution in [-0.4, -0.2) is 50.1 Å². The molecule has 10 heteroatoms. The highest BCUT2D eigenvalue weighted by Crippen LogP contribution is 2.31. The van der Waals surface area contributed by atoms with E-state index in [4.69, 9.17) is 10.8 Å². The Balaban J connectivity index is 2.04. The van der Waals surface area contributed by atoms with Gasteiger partial charge in [-0.05, 0) is 6.42 Å². The van der Waals surface area contributed by atoms with Gasteiger partial charge in [-0.1, -0.05) is 18.3 Å². The number of nitrogens with two attached hydrogens (primary N) is 1. The highest BCUT2D eigenvalue weighted by Gasteiger charge is 2.41. The average Bonchev–Trinajstić information content (AvgIpc) is 3.00. The largest absolute Gasteiger partial charge is 0.480 e. The monoisotopic (exact) mass is 330 g/mol. The maximum absolute atomic E-state index is 12.2. The van der Waals surface area contributed by atoms with Crippen molar-refractivity contribution in [1.29, 1.82) is 0 Å². The van der Waals surface area contributed by atoms with Gasteiger partial charge in [0, 0.05) is 12.2 Å². The molecule has 1 saturated heterocycles. The molecule has 2 heterocycles. The number of carboxylic acid groups (broad SMARTS) is 1. The van der Waals surface area contributed by atoms with Gasteiger partial charge in [0.1, 0.15) is 11.0 Å². The average molecular weight is 330 g/mol. The number of anilines is 1. The molecular weight excluding hydrogens is 316 g/mol. The van der Waals surface area contributed by atoms with Gasteiger partial charge in [-0.25, -0.2) is 4.90 Å². The van der Waals surface area contributed by atoms with Crippen LogP contribution in [0.2, 0.25) is 0 Å². The summed E-state index contributed by atoms with van der Waals surface area (Å²) in [5, 5.41) is 16.9. The van der Waals surface area contributed by atoms with Crippen molar-refractivity contribution in [2.24, 2.45) is 5.73 Å². The Morgan fingerprint density at radius 3 is 2.86 bits per heavy atom. The second-order valence-electron chi connectivity index (χ2n) is 4.37. The van der Waals surface area contributed by atoms with E-state index in [2.05, 4.69) is 10.2 Å². The lowest BCUT2D eigenvalue weighted by Gasteiger charge is -2.11. The van der Waals surface area contributed by atoms with Gasteiger partial charge in [0.15, 0.2) is 0 Å². The predicted molar refractivity (Wildman–Crippen MR) is 78.3 cm³/mol. The van der Waals surface area contributed by atoms with E-state index in [1.54, 1.807) is 0 Å². The Labute approximate surface area is 128 Å². The van der Waals surface area contributed by atoms with Crippen LogP contribution < -0.4 is 10.6 Å². The lowest BCUT2D eigenvalue weighted by molar-refractivity contribution is -0.138. The highest BCUT2D eigenvalue weighted by molar-refractivity contribution is 8.00. The number of amides is 2. The fraction of sp³-hybridized carbons (Fsp3) is 0.545. The van der Waals surface area contributed by atoms with Gasteiger partial charge < -0.3 is 10.8 Å². The van der Waals surface area contributed by atoms with Crippen LogP contribution >= 0.6 is 23.1 Å². The van der Waals surface area contributed by atoms with Crippen molar-refractivity contribution in [2.75, 3.05) is 10.7 Å². The zero-order valence-corrected chi connectivity index (χ0v) is 12.8. The fourth-order valence-electron chi connectivity index (χ4n) is 1.70. The van der Waals surface area contributed by atoms with E-state index in [0.717, 1.165) is 21.7 Å². The molecule has 3 N–H and O–H groups in total. The van der Waals surface area contributed by atoms with E-state index < -0.39 is 17.3 Å². The van der Waals surface area contributed by atoms with E-state index in [-0.39, 0.29) is 29.1 Å². The van der Waals surface area contributed by atoms with Gasteiger partial charge >= 0.3 is 5.97 Å². The fourth-order valence-corrected chi connectivity index (χ4v) is 3.60. The number of aromatic nitrogens is 2. The molecule has 1 aliphatic rings. The molecule has 0 bridgehead atoms. The first kappa shape index (κ1) is 15.9. The minimum atomic E-state index is -1.13. The molecule has 0 saturated carbocycles. The Hall–Kier alpha value is -1.52. The summed E-state index contributed by atoms with van der Waals surface area (Å²) in [4.78, 5) is 35.9. The molecule has 1 fully saturated rings. The molecule has 0 aromatic carbocycles. The van der Waals surface area contributed by atoms with Crippen LogP contribution in [0.15, 0.2) is 0 Å². The Morgan fingerprint density at radius 2 is 2.29 bits per heavy atom. The second-order valence-corrected chi connectivity index (χ2v) is 6.65. The SMILES string of the molecule is CCc1nnc(N2C(=O)CC(SCC(N)C(=O)O)C2=O)s1. The summed E-state index contributed by atoms with van der Waals surface area (Å²) in [6.07, 6.45) is 0.705.